The van der Waals surface area contributed by atoms with Gasteiger partial charge in [0.15, 0.2) is 0 Å². The lowest BCUT2D eigenvalue weighted by molar-refractivity contribution is 0.218. The molecule has 1 fully saturated rings. The van der Waals surface area contributed by atoms with Crippen LogP contribution in [-0.4, -0.2) is 34.5 Å². The minimum atomic E-state index is -2.02. The first-order valence-corrected chi connectivity index (χ1v) is 8.92. The van der Waals surface area contributed by atoms with Crippen LogP contribution >= 0.6 is 0 Å². The first kappa shape index (κ1) is 14.2. The van der Waals surface area contributed by atoms with Crippen LogP contribution in [0.5, 0.6) is 0 Å². The molecule has 0 amide bonds. The molecule has 96 valence electrons. The molecule has 1 unspecified atom stereocenters. The molecule has 0 aromatic heterocycles. The molecule has 3 nitrogen and oxygen atoms in total. The minimum Gasteiger partial charge on any atom is -0.397 e. The zero-order chi connectivity index (χ0) is 12.0. The fraction of sp³-hybridized carbons (Fsp3) is 1.00. The third-order valence-corrected chi connectivity index (χ3v) is 7.36. The highest BCUT2D eigenvalue weighted by Gasteiger charge is 2.39. The quantitative estimate of drug-likeness (QED) is 0.730. The van der Waals surface area contributed by atoms with E-state index in [4.69, 9.17) is 8.85 Å². The summed E-state index contributed by atoms with van der Waals surface area (Å²) in [5.41, 5.74) is 0.408. The fourth-order valence-corrected chi connectivity index (χ4v) is 4.58. The second kappa shape index (κ2) is 6.74. The predicted octanol–water partition coefficient (Wildman–Crippen LogP) is 2.59. The molecule has 1 rings (SSSR count). The van der Waals surface area contributed by atoms with Gasteiger partial charge in [-0.2, -0.15) is 0 Å². The number of hydrogen-bond acceptors (Lipinski definition) is 3. The van der Waals surface area contributed by atoms with Crippen LogP contribution in [0.15, 0.2) is 0 Å². The van der Waals surface area contributed by atoms with Crippen molar-refractivity contribution in [1.29, 1.82) is 0 Å². The molecule has 0 spiro atoms. The molecule has 0 aromatic rings. The number of rotatable bonds is 6. The van der Waals surface area contributed by atoms with Crippen LogP contribution < -0.4 is 5.32 Å². The second-order valence-corrected chi connectivity index (χ2v) is 8.43. The van der Waals surface area contributed by atoms with Gasteiger partial charge in [-0.15, -0.1) is 0 Å². The van der Waals surface area contributed by atoms with Gasteiger partial charge in [0.05, 0.1) is 5.67 Å². The van der Waals surface area contributed by atoms with Gasteiger partial charge in [-0.05, 0) is 25.8 Å². The highest BCUT2D eigenvalue weighted by atomic mass is 28.4. The van der Waals surface area contributed by atoms with Gasteiger partial charge in [0.1, 0.15) is 0 Å². The van der Waals surface area contributed by atoms with Crippen LogP contribution in [0.4, 0.5) is 0 Å². The Hall–Kier alpha value is 0.0969. The van der Waals surface area contributed by atoms with Crippen molar-refractivity contribution in [3.63, 3.8) is 0 Å². The number of hydrogen-bond donors (Lipinski definition) is 1. The SMILES string of the molecule is CCC(NC1CCCCC1)[Si](C)(OC)OC. The zero-order valence-electron chi connectivity index (χ0n) is 11.2. The van der Waals surface area contributed by atoms with Gasteiger partial charge in [-0.25, -0.2) is 0 Å². The van der Waals surface area contributed by atoms with E-state index in [-0.39, 0.29) is 0 Å². The molecule has 1 saturated carbocycles. The molecule has 1 aliphatic carbocycles. The summed E-state index contributed by atoms with van der Waals surface area (Å²) >= 11 is 0. The van der Waals surface area contributed by atoms with Crippen LogP contribution in [0.2, 0.25) is 6.55 Å². The van der Waals surface area contributed by atoms with E-state index in [0.717, 1.165) is 6.42 Å². The molecule has 0 radical (unpaired) electrons. The van der Waals surface area contributed by atoms with E-state index in [0.29, 0.717) is 11.7 Å². The lowest BCUT2D eigenvalue weighted by Gasteiger charge is -2.36. The largest absolute Gasteiger partial charge is 0.397 e. The van der Waals surface area contributed by atoms with Crippen molar-refractivity contribution in [2.75, 3.05) is 14.2 Å². The molecule has 0 bridgehead atoms. The van der Waals surface area contributed by atoms with Crippen molar-refractivity contribution in [3.8, 4) is 0 Å². The van der Waals surface area contributed by atoms with E-state index in [1.807, 2.05) is 0 Å². The standard InChI is InChI=1S/C12H27NO2Si/c1-5-12(16(4,14-2)15-3)13-11-9-7-6-8-10-11/h11-13H,5-10H2,1-4H3. The molecular weight excluding hydrogens is 218 g/mol. The Balaban J connectivity index is 2.52. The summed E-state index contributed by atoms with van der Waals surface area (Å²) < 4.78 is 11.3. The predicted molar refractivity (Wildman–Crippen MR) is 69.7 cm³/mol. The van der Waals surface area contributed by atoms with Gasteiger partial charge in [-0.1, -0.05) is 26.2 Å². The highest BCUT2D eigenvalue weighted by Crippen LogP contribution is 2.21. The van der Waals surface area contributed by atoms with E-state index >= 15 is 0 Å². The van der Waals surface area contributed by atoms with Crippen LogP contribution in [0.1, 0.15) is 45.4 Å². The lowest BCUT2D eigenvalue weighted by atomic mass is 9.95. The summed E-state index contributed by atoms with van der Waals surface area (Å²) in [7, 11) is 1.54. The van der Waals surface area contributed by atoms with E-state index in [2.05, 4.69) is 18.8 Å². The Kier molecular flexibility index (Phi) is 5.96. The minimum absolute atomic E-state index is 0.408. The smallest absolute Gasteiger partial charge is 0.351 e. The molecule has 1 aliphatic rings. The Bertz CT molecular complexity index is 191. The molecule has 16 heavy (non-hydrogen) atoms. The van der Waals surface area contributed by atoms with E-state index in [1.54, 1.807) is 14.2 Å². The molecule has 1 N–H and O–H groups in total. The lowest BCUT2D eigenvalue weighted by Crippen LogP contribution is -2.58. The van der Waals surface area contributed by atoms with Crippen LogP contribution in [0.25, 0.3) is 0 Å². The van der Waals surface area contributed by atoms with E-state index in [1.165, 1.54) is 32.1 Å². The first-order chi connectivity index (χ1) is 7.66. The molecule has 0 saturated heterocycles. The molecule has 1 atom stereocenters. The maximum Gasteiger partial charge on any atom is 0.351 e. The van der Waals surface area contributed by atoms with E-state index < -0.39 is 8.56 Å². The van der Waals surface area contributed by atoms with Crippen molar-refractivity contribution < 1.29 is 8.85 Å². The third-order valence-electron chi connectivity index (χ3n) is 3.89. The second-order valence-electron chi connectivity index (χ2n) is 4.89. The Labute approximate surface area is 101 Å². The highest BCUT2D eigenvalue weighted by molar-refractivity contribution is 6.67. The Morgan fingerprint density at radius 3 is 2.19 bits per heavy atom. The van der Waals surface area contributed by atoms with Crippen molar-refractivity contribution in [1.82, 2.24) is 5.32 Å². The average molecular weight is 245 g/mol. The monoisotopic (exact) mass is 245 g/mol. The van der Waals surface area contributed by atoms with Crippen LogP contribution in [-0.2, 0) is 8.85 Å². The van der Waals surface area contributed by atoms with Crippen molar-refractivity contribution in [2.24, 2.45) is 0 Å². The normalized spacial score (nSPS) is 21.0. The van der Waals surface area contributed by atoms with Gasteiger partial charge in [0, 0.05) is 20.3 Å². The van der Waals surface area contributed by atoms with Gasteiger partial charge >= 0.3 is 8.56 Å². The molecule has 0 aliphatic heterocycles. The summed E-state index contributed by atoms with van der Waals surface area (Å²) in [6.07, 6.45) is 7.85. The first-order valence-electron chi connectivity index (χ1n) is 6.52. The van der Waals surface area contributed by atoms with Crippen LogP contribution in [0, 0.1) is 0 Å². The average Bonchev–Trinajstić information content (AvgIpc) is 2.36. The molecule has 0 heterocycles. The Morgan fingerprint density at radius 1 is 1.19 bits per heavy atom. The van der Waals surface area contributed by atoms with Crippen LogP contribution in [0.3, 0.4) is 0 Å². The summed E-state index contributed by atoms with van der Waals surface area (Å²) in [6, 6.07) is 0.677. The topological polar surface area (TPSA) is 30.5 Å². The molecule has 0 aromatic carbocycles. The molecular formula is C12H27NO2Si. The maximum absolute atomic E-state index is 5.64. The summed E-state index contributed by atoms with van der Waals surface area (Å²) in [6.45, 7) is 4.36. The maximum atomic E-state index is 5.64. The fourth-order valence-electron chi connectivity index (χ4n) is 2.56. The zero-order valence-corrected chi connectivity index (χ0v) is 12.2. The van der Waals surface area contributed by atoms with E-state index in [9.17, 15) is 0 Å². The molecule has 4 heteroatoms. The summed E-state index contributed by atoms with van der Waals surface area (Å²) in [4.78, 5) is 0. The van der Waals surface area contributed by atoms with Gasteiger partial charge in [0.2, 0.25) is 0 Å². The Morgan fingerprint density at radius 2 is 1.75 bits per heavy atom. The third kappa shape index (κ3) is 3.55. The van der Waals surface area contributed by atoms with Crippen molar-refractivity contribution in [2.45, 2.75) is 63.7 Å². The van der Waals surface area contributed by atoms with Gasteiger partial charge < -0.3 is 14.2 Å². The van der Waals surface area contributed by atoms with Gasteiger partial charge in [0.25, 0.3) is 0 Å². The van der Waals surface area contributed by atoms with Crippen molar-refractivity contribution in [3.05, 3.63) is 0 Å². The van der Waals surface area contributed by atoms with Crippen molar-refractivity contribution >= 4 is 8.56 Å². The van der Waals surface area contributed by atoms with Gasteiger partial charge in [-0.3, -0.25) is 0 Å². The summed E-state index contributed by atoms with van der Waals surface area (Å²) in [5, 5.41) is 3.76. The summed E-state index contributed by atoms with van der Waals surface area (Å²) in [5.74, 6) is 0. The number of nitrogens with one attached hydrogen (secondary N) is 1.